The van der Waals surface area contributed by atoms with Gasteiger partial charge in [0.25, 0.3) is 0 Å². The Balaban J connectivity index is 1.59. The highest BCUT2D eigenvalue weighted by molar-refractivity contribution is 5.85. The van der Waals surface area contributed by atoms with Gasteiger partial charge in [-0.2, -0.15) is 0 Å². The first kappa shape index (κ1) is 34.5. The van der Waals surface area contributed by atoms with Gasteiger partial charge < -0.3 is 38.3 Å². The van der Waals surface area contributed by atoms with Crippen LogP contribution in [0.25, 0.3) is 0 Å². The number of hydrogen-bond donors (Lipinski definition) is 1. The monoisotopic (exact) mass is 674 g/mol. The highest BCUT2D eigenvalue weighted by Gasteiger charge is 2.80. The molecule has 6 aliphatic rings. The lowest BCUT2D eigenvalue weighted by Crippen LogP contribution is -2.64. The Morgan fingerprint density at radius 1 is 0.917 bits per heavy atom. The standard InChI is InChI=1S/C35H46O13/c1-14-10-23-34(7,35(8,42)31(41)48-23)26-24(14)33(6)22(44-15(2)37)12-19(18(13-36)25(33)28(26)45-16(3)38)32(5)20(30(40)43-9)11-21-27(47-21)29(32)46-17(4)39/h10,13-14,18-22,24-29,42H,11-12H2,1-9H3/t14?,18?,19?,20?,21-,22-,24?,25?,26?,27-,28?,29-,32+,33+,34-,35+/m0/s1. The predicted octanol–water partition coefficient (Wildman–Crippen LogP) is 2.30. The topological polar surface area (TPSA) is 181 Å². The van der Waals surface area contributed by atoms with Gasteiger partial charge in [-0.05, 0) is 50.5 Å². The lowest BCUT2D eigenvalue weighted by atomic mass is 9.46. The van der Waals surface area contributed by atoms with Gasteiger partial charge in [-0.25, -0.2) is 4.79 Å². The van der Waals surface area contributed by atoms with Gasteiger partial charge in [0.05, 0.1) is 24.5 Å². The summed E-state index contributed by atoms with van der Waals surface area (Å²) in [5.74, 6) is -7.95. The van der Waals surface area contributed by atoms with E-state index in [-0.39, 0.29) is 30.6 Å². The summed E-state index contributed by atoms with van der Waals surface area (Å²) in [5.41, 5.74) is -5.72. The molecular weight excluding hydrogens is 628 g/mol. The van der Waals surface area contributed by atoms with Crippen molar-refractivity contribution in [1.29, 1.82) is 0 Å². The first-order chi connectivity index (χ1) is 22.3. The zero-order chi connectivity index (χ0) is 35.5. The van der Waals surface area contributed by atoms with E-state index in [1.54, 1.807) is 19.9 Å². The third kappa shape index (κ3) is 4.41. The van der Waals surface area contributed by atoms with E-state index in [2.05, 4.69) is 0 Å². The molecule has 0 bridgehead atoms. The molecule has 3 saturated carbocycles. The van der Waals surface area contributed by atoms with E-state index in [1.807, 2.05) is 13.8 Å². The smallest absolute Gasteiger partial charge is 0.343 e. The third-order valence-corrected chi connectivity index (χ3v) is 13.4. The van der Waals surface area contributed by atoms with E-state index in [4.69, 9.17) is 28.4 Å². The minimum atomic E-state index is -2.03. The number of hydrogen-bond acceptors (Lipinski definition) is 13. The molecule has 13 nitrogen and oxygen atoms in total. The van der Waals surface area contributed by atoms with Gasteiger partial charge in [0.15, 0.2) is 5.60 Å². The van der Waals surface area contributed by atoms with Crippen LogP contribution in [0.1, 0.15) is 68.2 Å². The molecule has 0 aromatic carbocycles. The second-order valence-electron chi connectivity index (χ2n) is 15.6. The second kappa shape index (κ2) is 11.1. The molecule has 16 atom stereocenters. The zero-order valence-corrected chi connectivity index (χ0v) is 28.8. The number of methoxy groups -OCH3 is 1. The van der Waals surface area contributed by atoms with E-state index in [0.717, 1.165) is 6.29 Å². The molecule has 264 valence electrons. The Kier molecular flexibility index (Phi) is 7.98. The van der Waals surface area contributed by atoms with Crippen molar-refractivity contribution in [3.63, 3.8) is 0 Å². The van der Waals surface area contributed by atoms with Crippen LogP contribution in [-0.4, -0.2) is 84.5 Å². The van der Waals surface area contributed by atoms with Crippen LogP contribution in [0.5, 0.6) is 0 Å². The van der Waals surface area contributed by atoms with Crippen LogP contribution >= 0.6 is 0 Å². The van der Waals surface area contributed by atoms with E-state index < -0.39 is 112 Å². The van der Waals surface area contributed by atoms with Crippen molar-refractivity contribution in [3.8, 4) is 0 Å². The number of ether oxygens (including phenoxy) is 6. The maximum absolute atomic E-state index is 13.7. The van der Waals surface area contributed by atoms with Crippen LogP contribution in [0.15, 0.2) is 11.8 Å². The number of fused-ring (bicyclic) bond motifs is 6. The normalized spacial score (nSPS) is 49.9. The molecule has 6 rings (SSSR count). The van der Waals surface area contributed by atoms with E-state index in [1.165, 1.54) is 34.8 Å². The van der Waals surface area contributed by atoms with Crippen molar-refractivity contribution < 1.29 is 62.3 Å². The fraction of sp³-hybridized carbons (Fsp3) is 0.771. The number of aldehydes is 1. The third-order valence-electron chi connectivity index (χ3n) is 13.4. The number of aliphatic hydroxyl groups is 1. The SMILES string of the molecule is COC(=O)C1C[C@@H]2O[C@@H]2[C@H](OC(C)=O)[C@]1(C)C1C[C@H](OC(C)=O)[C@@]2(C)C(C1C=O)C(OC(C)=O)C1C2C(C)C=C2OC(=O)[C@@](C)(O)[C@@]21C. The molecule has 0 spiro atoms. The highest BCUT2D eigenvalue weighted by atomic mass is 16.6. The Morgan fingerprint density at radius 3 is 2.10 bits per heavy atom. The Morgan fingerprint density at radius 2 is 1.54 bits per heavy atom. The molecule has 5 fully saturated rings. The van der Waals surface area contributed by atoms with E-state index in [0.29, 0.717) is 0 Å². The fourth-order valence-corrected chi connectivity index (χ4v) is 11.3. The molecule has 0 amide bonds. The van der Waals surface area contributed by atoms with E-state index in [9.17, 15) is 33.9 Å². The van der Waals surface area contributed by atoms with Gasteiger partial charge in [0, 0.05) is 49.4 Å². The Bertz CT molecular complexity index is 1480. The second-order valence-corrected chi connectivity index (χ2v) is 15.6. The minimum absolute atomic E-state index is 0.0942. The Hall–Kier alpha value is -3.32. The summed E-state index contributed by atoms with van der Waals surface area (Å²) >= 11 is 0. The van der Waals surface area contributed by atoms with Crippen molar-refractivity contribution >= 4 is 36.1 Å². The highest BCUT2D eigenvalue weighted by Crippen LogP contribution is 2.74. The average molecular weight is 675 g/mol. The molecule has 13 heteroatoms. The zero-order valence-electron chi connectivity index (χ0n) is 28.8. The maximum atomic E-state index is 13.7. The predicted molar refractivity (Wildman–Crippen MR) is 162 cm³/mol. The van der Waals surface area contributed by atoms with Crippen molar-refractivity contribution in [2.45, 2.75) is 104 Å². The minimum Gasteiger partial charge on any atom is -0.469 e. The van der Waals surface area contributed by atoms with Gasteiger partial charge >= 0.3 is 29.8 Å². The summed E-state index contributed by atoms with van der Waals surface area (Å²) < 4.78 is 35.1. The molecule has 2 heterocycles. The summed E-state index contributed by atoms with van der Waals surface area (Å²) in [6, 6.07) is 0. The molecular formula is C35H46O13. The summed E-state index contributed by atoms with van der Waals surface area (Å²) in [7, 11) is 1.27. The Labute approximate surface area is 279 Å². The van der Waals surface area contributed by atoms with Crippen LogP contribution < -0.4 is 0 Å². The van der Waals surface area contributed by atoms with Crippen LogP contribution in [0, 0.1) is 57.7 Å². The van der Waals surface area contributed by atoms with Crippen molar-refractivity contribution in [3.05, 3.63) is 11.8 Å². The van der Waals surface area contributed by atoms with Crippen LogP contribution in [0.4, 0.5) is 0 Å². The number of carbonyl (C=O) groups excluding carboxylic acids is 6. The molecule has 4 aliphatic carbocycles. The van der Waals surface area contributed by atoms with Gasteiger partial charge in [-0.1, -0.05) is 20.8 Å². The molecule has 1 N–H and O–H groups in total. The largest absolute Gasteiger partial charge is 0.469 e. The summed E-state index contributed by atoms with van der Waals surface area (Å²) in [6.07, 6.45) is -0.825. The summed E-state index contributed by atoms with van der Waals surface area (Å²) in [6.45, 7) is 12.5. The average Bonchev–Trinajstić information content (AvgIpc) is 3.68. The molecule has 0 radical (unpaired) electrons. The van der Waals surface area contributed by atoms with E-state index >= 15 is 0 Å². The molecule has 2 saturated heterocycles. The first-order valence-electron chi connectivity index (χ1n) is 16.7. The number of epoxide rings is 1. The van der Waals surface area contributed by atoms with Crippen LogP contribution in [0.2, 0.25) is 0 Å². The molecule has 2 aliphatic heterocycles. The number of esters is 5. The fourth-order valence-electron chi connectivity index (χ4n) is 11.3. The lowest BCUT2D eigenvalue weighted by Gasteiger charge is -2.58. The van der Waals surface area contributed by atoms with Gasteiger partial charge in [-0.15, -0.1) is 0 Å². The molecule has 8 unspecified atom stereocenters. The van der Waals surface area contributed by atoms with Gasteiger partial charge in [0.2, 0.25) is 0 Å². The summed E-state index contributed by atoms with van der Waals surface area (Å²) in [4.78, 5) is 78.8. The van der Waals surface area contributed by atoms with Crippen molar-refractivity contribution in [2.75, 3.05) is 7.11 Å². The number of rotatable bonds is 6. The lowest BCUT2D eigenvalue weighted by molar-refractivity contribution is -0.209. The molecule has 0 aromatic heterocycles. The van der Waals surface area contributed by atoms with Gasteiger partial charge in [0.1, 0.15) is 36.5 Å². The van der Waals surface area contributed by atoms with Crippen LogP contribution in [-0.2, 0) is 57.2 Å². The quantitative estimate of drug-likeness (QED) is 0.188. The molecule has 0 aromatic rings. The molecule has 48 heavy (non-hydrogen) atoms. The maximum Gasteiger partial charge on any atom is 0.343 e. The summed E-state index contributed by atoms with van der Waals surface area (Å²) in [5, 5.41) is 11.8. The van der Waals surface area contributed by atoms with Gasteiger partial charge in [-0.3, -0.25) is 19.2 Å². The van der Waals surface area contributed by atoms with Crippen molar-refractivity contribution in [1.82, 2.24) is 0 Å². The van der Waals surface area contributed by atoms with Crippen LogP contribution in [0.3, 0.4) is 0 Å². The number of allylic oxidation sites excluding steroid dienone is 1. The number of carbonyl (C=O) groups is 6. The van der Waals surface area contributed by atoms with Crippen molar-refractivity contribution in [2.24, 2.45) is 57.7 Å². The first-order valence-corrected chi connectivity index (χ1v) is 16.7.